The van der Waals surface area contributed by atoms with Gasteiger partial charge in [0.2, 0.25) is 5.91 Å². The van der Waals surface area contributed by atoms with Crippen LogP contribution in [0.5, 0.6) is 0 Å². The topological polar surface area (TPSA) is 119 Å². The lowest BCUT2D eigenvalue weighted by atomic mass is 10.1. The number of benzene rings is 2. The summed E-state index contributed by atoms with van der Waals surface area (Å²) in [6.07, 6.45) is 1.64. The van der Waals surface area contributed by atoms with E-state index >= 15 is 0 Å². The molecular weight excluding hydrogens is 374 g/mol. The fraction of sp³-hybridized carbons (Fsp3) is 0.250. The monoisotopic (exact) mass is 395 g/mol. The number of aromatic nitrogens is 2. The lowest BCUT2D eigenvalue weighted by Gasteiger charge is -2.09. The second-order valence-corrected chi connectivity index (χ2v) is 6.54. The third-order valence-electron chi connectivity index (χ3n) is 4.49. The van der Waals surface area contributed by atoms with Gasteiger partial charge in [-0.3, -0.25) is 24.3 Å². The molecule has 1 amide bonds. The van der Waals surface area contributed by atoms with E-state index < -0.39 is 4.92 Å². The molecule has 9 heteroatoms. The van der Waals surface area contributed by atoms with E-state index in [0.717, 1.165) is 11.3 Å². The van der Waals surface area contributed by atoms with Crippen LogP contribution in [0.15, 0.2) is 53.6 Å². The third kappa shape index (κ3) is 4.95. The molecule has 0 radical (unpaired) electrons. The number of nitro benzene ring substituents is 1. The molecule has 0 aliphatic carbocycles. The molecule has 2 N–H and O–H groups in total. The molecule has 2 aromatic carbocycles. The molecule has 0 aliphatic rings. The first kappa shape index (κ1) is 20.0. The number of anilines is 1. The highest BCUT2D eigenvalue weighted by Gasteiger charge is 2.08. The minimum atomic E-state index is -0.457. The number of nitro groups is 1. The Morgan fingerprint density at radius 2 is 1.93 bits per heavy atom. The Morgan fingerprint density at radius 3 is 2.66 bits per heavy atom. The number of carbonyl (C=O) groups is 1. The number of non-ortho nitro benzene ring substituents is 1. The first-order valence-electron chi connectivity index (χ1n) is 9.15. The maximum Gasteiger partial charge on any atom is 0.269 e. The Morgan fingerprint density at radius 1 is 1.17 bits per heavy atom. The van der Waals surface area contributed by atoms with Crippen molar-refractivity contribution in [1.29, 1.82) is 0 Å². The van der Waals surface area contributed by atoms with Crippen molar-refractivity contribution in [2.24, 2.45) is 0 Å². The molecule has 3 rings (SSSR count). The Kier molecular flexibility index (Phi) is 6.18. The summed E-state index contributed by atoms with van der Waals surface area (Å²) in [7, 11) is 0. The standard InChI is InChI=1S/C20H21N5O4/c1-14-3-2-4-17-19(14)23-13-24(20(17)27)12-9-18(26)22-11-10-21-15-5-7-16(8-6-15)25(28)29/h2-8,13,21H,9-12H2,1H3,(H,22,26). The molecule has 0 unspecified atom stereocenters. The van der Waals surface area contributed by atoms with Crippen LogP contribution in [0.3, 0.4) is 0 Å². The number of nitrogens with zero attached hydrogens (tertiary/aromatic N) is 3. The molecule has 0 aliphatic heterocycles. The average molecular weight is 395 g/mol. The van der Waals surface area contributed by atoms with Gasteiger partial charge in [-0.2, -0.15) is 0 Å². The molecule has 0 saturated heterocycles. The van der Waals surface area contributed by atoms with E-state index in [1.165, 1.54) is 23.0 Å². The molecule has 3 aromatic rings. The number of aryl methyl sites for hydroxylation is 2. The second kappa shape index (κ2) is 8.96. The van der Waals surface area contributed by atoms with E-state index in [-0.39, 0.29) is 30.1 Å². The molecule has 0 saturated carbocycles. The fourth-order valence-corrected chi connectivity index (χ4v) is 2.92. The Bertz CT molecular complexity index is 1090. The number of rotatable bonds is 8. The lowest BCUT2D eigenvalue weighted by molar-refractivity contribution is -0.384. The zero-order valence-corrected chi connectivity index (χ0v) is 15.9. The van der Waals surface area contributed by atoms with Crippen molar-refractivity contribution in [2.75, 3.05) is 18.4 Å². The average Bonchev–Trinajstić information content (AvgIpc) is 2.71. The zero-order chi connectivity index (χ0) is 20.8. The summed E-state index contributed by atoms with van der Waals surface area (Å²) in [5.74, 6) is -0.174. The Balaban J connectivity index is 1.45. The Hall–Kier alpha value is -3.75. The van der Waals surface area contributed by atoms with Gasteiger partial charge in [-0.05, 0) is 30.7 Å². The van der Waals surface area contributed by atoms with Crippen molar-refractivity contribution in [2.45, 2.75) is 19.9 Å². The summed E-state index contributed by atoms with van der Waals surface area (Å²) < 4.78 is 1.44. The molecule has 9 nitrogen and oxygen atoms in total. The van der Waals surface area contributed by atoms with Gasteiger partial charge in [0.15, 0.2) is 0 Å². The van der Waals surface area contributed by atoms with Crippen molar-refractivity contribution >= 4 is 28.2 Å². The van der Waals surface area contributed by atoms with Gasteiger partial charge in [-0.1, -0.05) is 12.1 Å². The number of para-hydroxylation sites is 1. The minimum absolute atomic E-state index is 0.0254. The highest BCUT2D eigenvalue weighted by atomic mass is 16.6. The maximum atomic E-state index is 12.5. The molecule has 0 bridgehead atoms. The van der Waals surface area contributed by atoms with Crippen LogP contribution in [-0.2, 0) is 11.3 Å². The molecule has 1 heterocycles. The van der Waals surface area contributed by atoms with Crippen LogP contribution in [0.25, 0.3) is 10.9 Å². The first-order chi connectivity index (χ1) is 14.0. The SMILES string of the molecule is Cc1cccc2c(=O)n(CCC(=O)NCCNc3ccc([N+](=O)[O-])cc3)cnc12. The lowest BCUT2D eigenvalue weighted by Crippen LogP contribution is -2.31. The summed E-state index contributed by atoms with van der Waals surface area (Å²) >= 11 is 0. The Labute approximate surface area is 166 Å². The largest absolute Gasteiger partial charge is 0.383 e. The number of hydrogen-bond donors (Lipinski definition) is 2. The summed E-state index contributed by atoms with van der Waals surface area (Å²) in [5, 5.41) is 17.0. The summed E-state index contributed by atoms with van der Waals surface area (Å²) in [4.78, 5) is 39.0. The van der Waals surface area contributed by atoms with Crippen LogP contribution >= 0.6 is 0 Å². The number of hydrogen-bond acceptors (Lipinski definition) is 6. The van der Waals surface area contributed by atoms with E-state index in [1.807, 2.05) is 19.1 Å². The van der Waals surface area contributed by atoms with Gasteiger partial charge < -0.3 is 10.6 Å². The van der Waals surface area contributed by atoms with Gasteiger partial charge >= 0.3 is 0 Å². The van der Waals surface area contributed by atoms with Gasteiger partial charge in [0.1, 0.15) is 0 Å². The number of fused-ring (bicyclic) bond motifs is 1. The number of carbonyl (C=O) groups excluding carboxylic acids is 1. The van der Waals surface area contributed by atoms with E-state index in [2.05, 4.69) is 15.6 Å². The highest BCUT2D eigenvalue weighted by Crippen LogP contribution is 2.15. The molecule has 0 atom stereocenters. The van der Waals surface area contributed by atoms with Gasteiger partial charge in [0.05, 0.1) is 22.2 Å². The summed E-state index contributed by atoms with van der Waals surface area (Å²) in [6, 6.07) is 11.5. The van der Waals surface area contributed by atoms with Gasteiger partial charge in [0.25, 0.3) is 11.2 Å². The number of amides is 1. The van der Waals surface area contributed by atoms with Gasteiger partial charge in [-0.25, -0.2) is 4.98 Å². The van der Waals surface area contributed by atoms with E-state index in [4.69, 9.17) is 0 Å². The van der Waals surface area contributed by atoms with Crippen molar-refractivity contribution in [1.82, 2.24) is 14.9 Å². The fourth-order valence-electron chi connectivity index (χ4n) is 2.92. The predicted molar refractivity (Wildman–Crippen MR) is 110 cm³/mol. The maximum absolute atomic E-state index is 12.5. The third-order valence-corrected chi connectivity index (χ3v) is 4.49. The molecular formula is C20H21N5O4. The van der Waals surface area contributed by atoms with Crippen LogP contribution in [0.1, 0.15) is 12.0 Å². The van der Waals surface area contributed by atoms with Crippen molar-refractivity contribution in [3.63, 3.8) is 0 Å². The van der Waals surface area contributed by atoms with E-state index in [0.29, 0.717) is 24.0 Å². The predicted octanol–water partition coefficient (Wildman–Crippen LogP) is 2.23. The van der Waals surface area contributed by atoms with Gasteiger partial charge in [-0.15, -0.1) is 0 Å². The minimum Gasteiger partial charge on any atom is -0.383 e. The quantitative estimate of drug-likeness (QED) is 0.343. The molecule has 1 aromatic heterocycles. The van der Waals surface area contributed by atoms with Crippen LogP contribution in [0.4, 0.5) is 11.4 Å². The summed E-state index contributed by atoms with van der Waals surface area (Å²) in [5.41, 5.74) is 2.21. The van der Waals surface area contributed by atoms with Crippen LogP contribution in [-0.4, -0.2) is 33.5 Å². The smallest absolute Gasteiger partial charge is 0.269 e. The zero-order valence-electron chi connectivity index (χ0n) is 15.9. The molecule has 0 fully saturated rings. The molecule has 29 heavy (non-hydrogen) atoms. The first-order valence-corrected chi connectivity index (χ1v) is 9.15. The van der Waals surface area contributed by atoms with E-state index in [9.17, 15) is 19.7 Å². The van der Waals surface area contributed by atoms with Crippen molar-refractivity contribution < 1.29 is 9.72 Å². The number of nitrogens with one attached hydrogen (secondary N) is 2. The molecule has 150 valence electrons. The highest BCUT2D eigenvalue weighted by molar-refractivity contribution is 5.80. The molecule has 0 spiro atoms. The van der Waals surface area contributed by atoms with E-state index in [1.54, 1.807) is 18.2 Å². The van der Waals surface area contributed by atoms with Crippen LogP contribution in [0, 0.1) is 17.0 Å². The normalized spacial score (nSPS) is 10.7. The van der Waals surface area contributed by atoms with Crippen LogP contribution < -0.4 is 16.2 Å². The van der Waals surface area contributed by atoms with Crippen molar-refractivity contribution in [3.05, 3.63) is 74.8 Å². The van der Waals surface area contributed by atoms with Crippen LogP contribution in [0.2, 0.25) is 0 Å². The summed E-state index contributed by atoms with van der Waals surface area (Å²) in [6.45, 7) is 3.01. The second-order valence-electron chi connectivity index (χ2n) is 6.54. The van der Waals surface area contributed by atoms with Crippen molar-refractivity contribution in [3.8, 4) is 0 Å². The van der Waals surface area contributed by atoms with Gasteiger partial charge in [0, 0.05) is 43.9 Å².